The molecule has 0 radical (unpaired) electrons. The maximum absolute atomic E-state index is 11.2. The van der Waals surface area contributed by atoms with Gasteiger partial charge < -0.3 is 24.1 Å². The number of aliphatic hydroxyl groups is 1. The summed E-state index contributed by atoms with van der Waals surface area (Å²) in [5.41, 5.74) is 1.31. The summed E-state index contributed by atoms with van der Waals surface area (Å²) in [6.45, 7) is 8.51. The minimum atomic E-state index is -0.416. The van der Waals surface area contributed by atoms with E-state index in [1.165, 1.54) is 0 Å². The molecule has 0 saturated carbocycles. The van der Waals surface area contributed by atoms with Gasteiger partial charge in [0.15, 0.2) is 0 Å². The van der Waals surface area contributed by atoms with Crippen molar-refractivity contribution < 1.29 is 28.8 Å². The van der Waals surface area contributed by atoms with Crippen molar-refractivity contribution >= 4 is 16.7 Å². The smallest absolute Gasteiger partial charge is 0.333 e. The third-order valence-electron chi connectivity index (χ3n) is 3.78. The van der Waals surface area contributed by atoms with Crippen molar-refractivity contribution in [2.75, 3.05) is 39.6 Å². The van der Waals surface area contributed by atoms with Crippen LogP contribution in [0.25, 0.3) is 10.8 Å². The van der Waals surface area contributed by atoms with Gasteiger partial charge >= 0.3 is 5.97 Å². The molecule has 0 aliphatic carbocycles. The number of aliphatic hydroxyl groups excluding tert-OH is 1. The summed E-state index contributed by atoms with van der Waals surface area (Å²) >= 11 is 0. The highest BCUT2D eigenvalue weighted by molar-refractivity contribution is 5.94. The monoisotopic (exact) mass is 374 g/mol. The average Bonchev–Trinajstić information content (AvgIpc) is 2.66. The van der Waals surface area contributed by atoms with Gasteiger partial charge in [-0.25, -0.2) is 4.79 Å². The van der Waals surface area contributed by atoms with E-state index in [9.17, 15) is 4.79 Å². The maximum atomic E-state index is 11.2. The maximum Gasteiger partial charge on any atom is 0.333 e. The Labute approximate surface area is 159 Å². The predicted octanol–water partition coefficient (Wildman–Crippen LogP) is 3.03. The minimum absolute atomic E-state index is 0.0371. The van der Waals surface area contributed by atoms with Gasteiger partial charge in [0.25, 0.3) is 0 Å². The van der Waals surface area contributed by atoms with Crippen LogP contribution in [0.5, 0.6) is 11.5 Å². The zero-order valence-electron chi connectivity index (χ0n) is 15.8. The molecule has 0 unspecified atom stereocenters. The lowest BCUT2D eigenvalue weighted by molar-refractivity contribution is -0.140. The quantitative estimate of drug-likeness (QED) is 0.370. The fraction of sp³-hybridized carbons (Fsp3) is 0.381. The molecular formula is C21H26O6. The molecule has 0 fully saturated rings. The first kappa shape index (κ1) is 20.7. The predicted molar refractivity (Wildman–Crippen MR) is 103 cm³/mol. The molecule has 0 amide bonds. The van der Waals surface area contributed by atoms with Gasteiger partial charge in [-0.05, 0) is 25.5 Å². The van der Waals surface area contributed by atoms with Gasteiger partial charge in [0.05, 0.1) is 19.8 Å². The first-order chi connectivity index (χ1) is 13.0. The fourth-order valence-electron chi connectivity index (χ4n) is 2.54. The zero-order valence-corrected chi connectivity index (χ0v) is 15.8. The molecule has 0 aliphatic rings. The van der Waals surface area contributed by atoms with Crippen LogP contribution in [0.3, 0.4) is 0 Å². The molecule has 0 bridgehead atoms. The molecule has 6 heteroatoms. The van der Waals surface area contributed by atoms with Gasteiger partial charge in [-0.2, -0.15) is 0 Å². The molecule has 6 nitrogen and oxygen atoms in total. The molecule has 1 N–H and O–H groups in total. The van der Waals surface area contributed by atoms with Crippen LogP contribution in [0.15, 0.2) is 42.5 Å². The molecule has 146 valence electrons. The third-order valence-corrected chi connectivity index (χ3v) is 3.78. The number of fused-ring (bicyclic) bond motifs is 1. The molecule has 0 aromatic heterocycles. The topological polar surface area (TPSA) is 74.2 Å². The lowest BCUT2D eigenvalue weighted by Crippen LogP contribution is -2.14. The van der Waals surface area contributed by atoms with Crippen molar-refractivity contribution in [3.8, 4) is 11.5 Å². The van der Waals surface area contributed by atoms with E-state index in [4.69, 9.17) is 24.1 Å². The number of hydrogen-bond donors (Lipinski definition) is 1. The van der Waals surface area contributed by atoms with E-state index in [0.29, 0.717) is 25.4 Å². The number of rotatable bonds is 11. The average molecular weight is 374 g/mol. The van der Waals surface area contributed by atoms with Crippen LogP contribution >= 0.6 is 0 Å². The normalized spacial score (nSPS) is 10.6. The summed E-state index contributed by atoms with van der Waals surface area (Å²) in [5, 5.41) is 10.9. The zero-order chi connectivity index (χ0) is 19.6. The summed E-state index contributed by atoms with van der Waals surface area (Å²) in [6.07, 6.45) is 0. The molecule has 27 heavy (non-hydrogen) atoms. The van der Waals surface area contributed by atoms with E-state index >= 15 is 0 Å². The lowest BCUT2D eigenvalue weighted by Gasteiger charge is -2.16. The van der Waals surface area contributed by atoms with Crippen molar-refractivity contribution in [3.63, 3.8) is 0 Å². The minimum Gasteiger partial charge on any atom is -0.491 e. The van der Waals surface area contributed by atoms with Gasteiger partial charge in [0, 0.05) is 16.3 Å². The first-order valence-electron chi connectivity index (χ1n) is 8.83. The second-order valence-electron chi connectivity index (χ2n) is 6.02. The highest BCUT2D eigenvalue weighted by Gasteiger charge is 2.11. The van der Waals surface area contributed by atoms with Crippen molar-refractivity contribution in [1.82, 2.24) is 0 Å². The van der Waals surface area contributed by atoms with Crippen LogP contribution in [-0.4, -0.2) is 50.7 Å². The van der Waals surface area contributed by atoms with E-state index in [0.717, 1.165) is 27.8 Å². The Morgan fingerprint density at radius 3 is 2.44 bits per heavy atom. The Kier molecular flexibility index (Phi) is 8.10. The number of esters is 1. The highest BCUT2D eigenvalue weighted by Crippen LogP contribution is 2.36. The Morgan fingerprint density at radius 2 is 1.74 bits per heavy atom. The standard InChI is InChI=1S/C21H26O6/c1-15(2)21(23)27-13-11-24-10-12-26-20-16(3)14-19(25-9-8-22)17-6-4-5-7-18(17)20/h4-7,14,22H,1,8-13H2,2-3H3. The van der Waals surface area contributed by atoms with Crippen molar-refractivity contribution in [3.05, 3.63) is 48.0 Å². The van der Waals surface area contributed by atoms with E-state index in [-0.39, 0.29) is 19.8 Å². The number of ether oxygens (including phenoxy) is 4. The number of hydrogen-bond acceptors (Lipinski definition) is 6. The Morgan fingerprint density at radius 1 is 1.04 bits per heavy atom. The fourth-order valence-corrected chi connectivity index (χ4v) is 2.54. The first-order valence-corrected chi connectivity index (χ1v) is 8.83. The summed E-state index contributed by atoms with van der Waals surface area (Å²) in [5.74, 6) is 1.08. The Bertz CT molecular complexity index is 784. The number of carbonyl (C=O) groups is 1. The van der Waals surface area contributed by atoms with Crippen LogP contribution in [0.2, 0.25) is 0 Å². The molecule has 0 saturated heterocycles. The summed E-state index contributed by atoms with van der Waals surface area (Å²) in [6, 6.07) is 9.72. The van der Waals surface area contributed by atoms with E-state index < -0.39 is 5.97 Å². The van der Waals surface area contributed by atoms with Crippen LogP contribution < -0.4 is 9.47 Å². The number of aryl methyl sites for hydroxylation is 1. The number of benzene rings is 2. The summed E-state index contributed by atoms with van der Waals surface area (Å²) in [7, 11) is 0. The molecule has 2 rings (SSSR count). The van der Waals surface area contributed by atoms with Crippen molar-refractivity contribution in [2.45, 2.75) is 13.8 Å². The molecule has 0 aliphatic heterocycles. The van der Waals surface area contributed by atoms with Gasteiger partial charge in [-0.15, -0.1) is 0 Å². The number of carbonyl (C=O) groups excluding carboxylic acids is 1. The van der Waals surface area contributed by atoms with Crippen LogP contribution in [-0.2, 0) is 14.3 Å². The lowest BCUT2D eigenvalue weighted by atomic mass is 10.0. The van der Waals surface area contributed by atoms with Crippen LogP contribution in [0, 0.1) is 6.92 Å². The van der Waals surface area contributed by atoms with Gasteiger partial charge in [0.2, 0.25) is 0 Å². The largest absolute Gasteiger partial charge is 0.491 e. The van der Waals surface area contributed by atoms with Gasteiger partial charge in [-0.1, -0.05) is 30.8 Å². The second-order valence-corrected chi connectivity index (χ2v) is 6.02. The molecule has 2 aromatic carbocycles. The summed E-state index contributed by atoms with van der Waals surface area (Å²) < 4.78 is 21.9. The Balaban J connectivity index is 1.90. The van der Waals surface area contributed by atoms with Crippen LogP contribution in [0.1, 0.15) is 12.5 Å². The van der Waals surface area contributed by atoms with Gasteiger partial charge in [-0.3, -0.25) is 0 Å². The molecule has 0 heterocycles. The van der Waals surface area contributed by atoms with E-state index in [1.54, 1.807) is 6.92 Å². The highest BCUT2D eigenvalue weighted by atomic mass is 16.6. The Hall–Kier alpha value is -2.57. The second kappa shape index (κ2) is 10.5. The third kappa shape index (κ3) is 5.98. The SMILES string of the molecule is C=C(C)C(=O)OCCOCCOc1c(C)cc(OCCO)c2ccccc12. The molecule has 0 spiro atoms. The molecule has 2 aromatic rings. The van der Waals surface area contributed by atoms with Gasteiger partial charge in [0.1, 0.15) is 31.3 Å². The molecule has 0 atom stereocenters. The van der Waals surface area contributed by atoms with E-state index in [2.05, 4.69) is 6.58 Å². The van der Waals surface area contributed by atoms with Crippen molar-refractivity contribution in [2.24, 2.45) is 0 Å². The van der Waals surface area contributed by atoms with Crippen LogP contribution in [0.4, 0.5) is 0 Å². The molecular weight excluding hydrogens is 348 g/mol. The summed E-state index contributed by atoms with van der Waals surface area (Å²) in [4.78, 5) is 11.2. The van der Waals surface area contributed by atoms with E-state index in [1.807, 2.05) is 37.3 Å². The van der Waals surface area contributed by atoms with Crippen molar-refractivity contribution in [1.29, 1.82) is 0 Å².